The maximum Gasteiger partial charge on any atom is 0.461 e. The Morgan fingerprint density at radius 1 is 0.903 bits per heavy atom. The van der Waals surface area contributed by atoms with Crippen LogP contribution in [0.4, 0.5) is 26.3 Å². The molecule has 0 heterocycles. The lowest BCUT2D eigenvalue weighted by atomic mass is 9.78. The van der Waals surface area contributed by atoms with Gasteiger partial charge in [-0.15, -0.1) is 0 Å². The highest BCUT2D eigenvalue weighted by molar-refractivity contribution is 5.46. The summed E-state index contributed by atoms with van der Waals surface area (Å²) in [5.74, 6) is -3.58. The molecule has 3 nitrogen and oxygen atoms in total. The van der Waals surface area contributed by atoms with Crippen LogP contribution in [0.5, 0.6) is 11.5 Å². The van der Waals surface area contributed by atoms with E-state index in [1.54, 1.807) is 30.3 Å². The standard InChI is InChI=1S/C22H17F6NO2/c23-16-8-15(9-17(11-16)31-22(27,28)20(25)26)21(29,12-13-4-2-1-3-5-13)14-6-7-18(24)19(30)10-14/h1-11,20,30H,12,29H2. The molecule has 0 bridgehead atoms. The average Bonchev–Trinajstić information content (AvgIpc) is 2.69. The summed E-state index contributed by atoms with van der Waals surface area (Å²) in [7, 11) is 0. The van der Waals surface area contributed by atoms with E-state index in [1.165, 1.54) is 6.07 Å². The van der Waals surface area contributed by atoms with E-state index < -0.39 is 41.2 Å². The Kier molecular flexibility index (Phi) is 6.17. The van der Waals surface area contributed by atoms with E-state index in [-0.39, 0.29) is 17.5 Å². The molecule has 9 heteroatoms. The maximum atomic E-state index is 14.3. The molecule has 0 aliphatic heterocycles. The van der Waals surface area contributed by atoms with Crippen LogP contribution in [0, 0.1) is 11.6 Å². The van der Waals surface area contributed by atoms with Crippen molar-refractivity contribution in [3.63, 3.8) is 0 Å². The Hall–Kier alpha value is -3.20. The highest BCUT2D eigenvalue weighted by Crippen LogP contribution is 2.37. The normalized spacial score (nSPS) is 13.8. The molecule has 0 aliphatic rings. The van der Waals surface area contributed by atoms with E-state index in [4.69, 9.17) is 5.73 Å². The van der Waals surface area contributed by atoms with Gasteiger partial charge in [-0.25, -0.2) is 8.78 Å². The van der Waals surface area contributed by atoms with Gasteiger partial charge >= 0.3 is 12.5 Å². The van der Waals surface area contributed by atoms with Crippen LogP contribution >= 0.6 is 0 Å². The van der Waals surface area contributed by atoms with E-state index in [9.17, 15) is 31.4 Å². The van der Waals surface area contributed by atoms with Crippen LogP contribution in [0.2, 0.25) is 0 Å². The van der Waals surface area contributed by atoms with E-state index in [2.05, 4.69) is 4.74 Å². The predicted octanol–water partition coefficient (Wildman–Crippen LogP) is 5.35. The first-order valence-electron chi connectivity index (χ1n) is 8.99. The number of phenolic OH excluding ortho intramolecular Hbond substituents is 1. The van der Waals surface area contributed by atoms with Crippen molar-refractivity contribution < 1.29 is 36.2 Å². The second kappa shape index (κ2) is 8.50. The van der Waals surface area contributed by atoms with Crippen LogP contribution in [-0.2, 0) is 12.0 Å². The Morgan fingerprint density at radius 2 is 1.58 bits per heavy atom. The Bertz CT molecular complexity index is 1060. The lowest BCUT2D eigenvalue weighted by Gasteiger charge is -2.32. The summed E-state index contributed by atoms with van der Waals surface area (Å²) in [6.45, 7) is 0. The van der Waals surface area contributed by atoms with Crippen LogP contribution in [0.3, 0.4) is 0 Å². The highest BCUT2D eigenvalue weighted by atomic mass is 19.3. The molecule has 1 atom stereocenters. The van der Waals surface area contributed by atoms with Crippen LogP contribution < -0.4 is 10.5 Å². The molecular weight excluding hydrogens is 424 g/mol. The number of hydrogen-bond donors (Lipinski definition) is 2. The van der Waals surface area contributed by atoms with Crippen molar-refractivity contribution in [2.24, 2.45) is 5.73 Å². The molecule has 3 N–H and O–H groups in total. The first kappa shape index (κ1) is 22.5. The van der Waals surface area contributed by atoms with E-state index in [1.807, 2.05) is 0 Å². The summed E-state index contributed by atoms with van der Waals surface area (Å²) >= 11 is 0. The molecule has 0 saturated heterocycles. The molecule has 0 amide bonds. The van der Waals surface area contributed by atoms with Gasteiger partial charge < -0.3 is 15.6 Å². The van der Waals surface area contributed by atoms with Gasteiger partial charge in [-0.05, 0) is 47.4 Å². The van der Waals surface area contributed by atoms with Crippen molar-refractivity contribution >= 4 is 0 Å². The minimum atomic E-state index is -4.85. The fourth-order valence-electron chi connectivity index (χ4n) is 3.16. The number of benzene rings is 3. The zero-order chi connectivity index (χ0) is 22.8. The quantitative estimate of drug-likeness (QED) is 0.486. The van der Waals surface area contributed by atoms with Crippen molar-refractivity contribution in [3.8, 4) is 11.5 Å². The molecule has 164 valence electrons. The third-order valence-electron chi connectivity index (χ3n) is 4.68. The second-order valence-corrected chi connectivity index (χ2v) is 6.94. The van der Waals surface area contributed by atoms with Crippen LogP contribution in [0.15, 0.2) is 66.7 Å². The Balaban J connectivity index is 2.14. The molecule has 0 spiro atoms. The summed E-state index contributed by atoms with van der Waals surface area (Å²) in [5, 5.41) is 9.79. The highest BCUT2D eigenvalue weighted by Gasteiger charge is 2.44. The molecule has 0 radical (unpaired) electrons. The minimum absolute atomic E-state index is 0.0208. The number of phenols is 1. The van der Waals surface area contributed by atoms with Gasteiger partial charge in [-0.2, -0.15) is 17.6 Å². The molecule has 1 unspecified atom stereocenters. The third-order valence-corrected chi connectivity index (χ3v) is 4.68. The van der Waals surface area contributed by atoms with Crippen molar-refractivity contribution in [2.75, 3.05) is 0 Å². The number of alkyl halides is 4. The lowest BCUT2D eigenvalue weighted by Crippen LogP contribution is -2.40. The summed E-state index contributed by atoms with van der Waals surface area (Å²) < 4.78 is 83.6. The molecule has 3 aromatic rings. The van der Waals surface area contributed by atoms with E-state index in [0.717, 1.165) is 24.3 Å². The molecule has 0 aliphatic carbocycles. The SMILES string of the molecule is NC(Cc1ccccc1)(c1cc(F)cc(OC(F)(F)C(F)F)c1)c1ccc(F)c(O)c1. The number of rotatable bonds is 7. The molecule has 3 aromatic carbocycles. The van der Waals surface area contributed by atoms with Crippen LogP contribution in [-0.4, -0.2) is 17.6 Å². The number of hydrogen-bond acceptors (Lipinski definition) is 3. The molecule has 0 saturated carbocycles. The number of nitrogens with two attached hydrogens (primary N) is 1. The van der Waals surface area contributed by atoms with Crippen molar-refractivity contribution in [1.29, 1.82) is 0 Å². The van der Waals surface area contributed by atoms with Gasteiger partial charge in [0.25, 0.3) is 0 Å². The zero-order valence-electron chi connectivity index (χ0n) is 15.8. The van der Waals surface area contributed by atoms with Gasteiger partial charge in [0.1, 0.15) is 11.6 Å². The van der Waals surface area contributed by atoms with Gasteiger partial charge in [0.05, 0.1) is 5.54 Å². The van der Waals surface area contributed by atoms with Gasteiger partial charge in [-0.1, -0.05) is 36.4 Å². The first-order chi connectivity index (χ1) is 14.5. The first-order valence-corrected chi connectivity index (χ1v) is 8.99. The van der Waals surface area contributed by atoms with Crippen LogP contribution in [0.1, 0.15) is 16.7 Å². The number of halogens is 6. The number of aromatic hydroxyl groups is 1. The third kappa shape index (κ3) is 4.93. The fourth-order valence-corrected chi connectivity index (χ4v) is 3.16. The fraction of sp³-hybridized carbons (Fsp3) is 0.182. The predicted molar refractivity (Wildman–Crippen MR) is 101 cm³/mol. The summed E-state index contributed by atoms with van der Waals surface area (Å²) in [5.41, 5.74) is 5.58. The average molecular weight is 441 g/mol. The minimum Gasteiger partial charge on any atom is -0.505 e. The molecular formula is C22H17F6NO2. The summed E-state index contributed by atoms with van der Waals surface area (Å²) in [6.07, 6.45) is -9.01. The zero-order valence-corrected chi connectivity index (χ0v) is 15.8. The van der Waals surface area contributed by atoms with Gasteiger partial charge in [0.2, 0.25) is 0 Å². The molecule has 31 heavy (non-hydrogen) atoms. The van der Waals surface area contributed by atoms with Crippen molar-refractivity contribution in [1.82, 2.24) is 0 Å². The second-order valence-electron chi connectivity index (χ2n) is 6.94. The maximum absolute atomic E-state index is 14.3. The molecule has 0 aromatic heterocycles. The monoisotopic (exact) mass is 441 g/mol. The Morgan fingerprint density at radius 3 is 2.19 bits per heavy atom. The number of ether oxygens (including phenoxy) is 1. The Labute approximate surface area is 173 Å². The van der Waals surface area contributed by atoms with E-state index in [0.29, 0.717) is 11.6 Å². The molecule has 3 rings (SSSR count). The van der Waals surface area contributed by atoms with Crippen LogP contribution in [0.25, 0.3) is 0 Å². The summed E-state index contributed by atoms with van der Waals surface area (Å²) in [6, 6.07) is 14.1. The van der Waals surface area contributed by atoms with Crippen molar-refractivity contribution in [3.05, 3.63) is 95.1 Å². The van der Waals surface area contributed by atoms with Gasteiger partial charge in [0.15, 0.2) is 11.6 Å². The van der Waals surface area contributed by atoms with Gasteiger partial charge in [-0.3, -0.25) is 0 Å². The van der Waals surface area contributed by atoms with Crippen molar-refractivity contribution in [2.45, 2.75) is 24.5 Å². The lowest BCUT2D eigenvalue weighted by molar-refractivity contribution is -0.253. The summed E-state index contributed by atoms with van der Waals surface area (Å²) in [4.78, 5) is 0. The topological polar surface area (TPSA) is 55.5 Å². The largest absolute Gasteiger partial charge is 0.505 e. The molecule has 0 fully saturated rings. The van der Waals surface area contributed by atoms with E-state index >= 15 is 0 Å². The smallest absolute Gasteiger partial charge is 0.461 e. The van der Waals surface area contributed by atoms with Gasteiger partial charge in [0, 0.05) is 6.07 Å².